The van der Waals surface area contributed by atoms with Crippen LogP contribution in [0.4, 0.5) is 5.69 Å². The topological polar surface area (TPSA) is 42.3 Å². The van der Waals surface area contributed by atoms with Crippen molar-refractivity contribution in [3.63, 3.8) is 0 Å². The summed E-state index contributed by atoms with van der Waals surface area (Å²) in [5.74, 6) is 0.796. The number of nitrogens with one attached hydrogen (secondary N) is 1. The molecular weight excluding hydrogens is 428 g/mol. The fourth-order valence-electron chi connectivity index (χ4n) is 4.77. The van der Waals surface area contributed by atoms with Crippen molar-refractivity contribution in [3.8, 4) is 11.4 Å². The summed E-state index contributed by atoms with van der Waals surface area (Å²) in [7, 11) is 1.68. The third-order valence-electron chi connectivity index (χ3n) is 6.23. The van der Waals surface area contributed by atoms with E-state index in [0.29, 0.717) is 5.11 Å². The van der Waals surface area contributed by atoms with Crippen molar-refractivity contribution in [1.29, 1.82) is 0 Å². The standard InChI is InChI=1S/C27H26N4OS/c1-18-16-23(19(2)30(18)20-10-5-4-6-11-20)26-25(24-14-7-8-15-28-24)29-27(33)31(26)21-12-9-13-22(17-21)32-3/h4-17,25-26H,1-3H3,(H,29,33)/t25-,26+/m0/s1. The van der Waals surface area contributed by atoms with Gasteiger partial charge in [-0.25, -0.2) is 0 Å². The maximum absolute atomic E-state index is 5.87. The zero-order chi connectivity index (χ0) is 22.9. The van der Waals surface area contributed by atoms with Gasteiger partial charge < -0.3 is 19.5 Å². The van der Waals surface area contributed by atoms with Crippen molar-refractivity contribution >= 4 is 23.0 Å². The maximum Gasteiger partial charge on any atom is 0.174 e. The van der Waals surface area contributed by atoms with Gasteiger partial charge in [0.05, 0.1) is 24.9 Å². The van der Waals surface area contributed by atoms with Crippen molar-refractivity contribution in [3.05, 3.63) is 108 Å². The number of anilines is 1. The minimum atomic E-state index is -0.0883. The summed E-state index contributed by atoms with van der Waals surface area (Å²) in [5.41, 5.74) is 6.66. The fraction of sp³-hybridized carbons (Fsp3) is 0.185. The van der Waals surface area contributed by atoms with Gasteiger partial charge in [0.1, 0.15) is 5.75 Å². The van der Waals surface area contributed by atoms with Gasteiger partial charge in [-0.1, -0.05) is 30.3 Å². The van der Waals surface area contributed by atoms with Gasteiger partial charge in [0.15, 0.2) is 5.11 Å². The number of hydrogen-bond acceptors (Lipinski definition) is 3. The van der Waals surface area contributed by atoms with Gasteiger partial charge in [0, 0.05) is 35.0 Å². The van der Waals surface area contributed by atoms with Gasteiger partial charge in [-0.05, 0) is 74.1 Å². The predicted molar refractivity (Wildman–Crippen MR) is 136 cm³/mol. The fourth-order valence-corrected chi connectivity index (χ4v) is 5.12. The molecule has 2 atom stereocenters. The van der Waals surface area contributed by atoms with E-state index in [1.807, 2.05) is 42.6 Å². The molecule has 5 nitrogen and oxygen atoms in total. The van der Waals surface area contributed by atoms with Gasteiger partial charge in [-0.2, -0.15) is 0 Å². The van der Waals surface area contributed by atoms with Gasteiger partial charge in [0.25, 0.3) is 0 Å². The average Bonchev–Trinajstić information content (AvgIpc) is 3.35. The highest BCUT2D eigenvalue weighted by Crippen LogP contribution is 2.44. The van der Waals surface area contributed by atoms with Crippen molar-refractivity contribution in [1.82, 2.24) is 14.9 Å². The quantitative estimate of drug-likeness (QED) is 0.393. The Hall–Kier alpha value is -3.64. The van der Waals surface area contributed by atoms with Crippen LogP contribution in [-0.4, -0.2) is 21.8 Å². The largest absolute Gasteiger partial charge is 0.497 e. The van der Waals surface area contributed by atoms with Crippen LogP contribution in [0.5, 0.6) is 5.75 Å². The number of thiocarbonyl (C=S) groups is 1. The molecule has 1 aliphatic rings. The molecule has 6 heteroatoms. The van der Waals surface area contributed by atoms with Crippen LogP contribution in [0.2, 0.25) is 0 Å². The number of ether oxygens (including phenoxy) is 1. The second kappa shape index (κ2) is 8.71. The molecule has 4 aromatic rings. The summed E-state index contributed by atoms with van der Waals surface area (Å²) >= 11 is 5.87. The molecule has 0 radical (unpaired) electrons. The van der Waals surface area contributed by atoms with Crippen LogP contribution >= 0.6 is 12.2 Å². The van der Waals surface area contributed by atoms with Crippen LogP contribution in [0.25, 0.3) is 5.69 Å². The second-order valence-electron chi connectivity index (χ2n) is 8.20. The molecule has 0 bridgehead atoms. The monoisotopic (exact) mass is 454 g/mol. The molecule has 33 heavy (non-hydrogen) atoms. The number of methoxy groups -OCH3 is 1. The molecule has 5 rings (SSSR count). The highest BCUT2D eigenvalue weighted by atomic mass is 32.1. The normalized spacial score (nSPS) is 17.8. The average molecular weight is 455 g/mol. The number of aromatic nitrogens is 2. The number of hydrogen-bond donors (Lipinski definition) is 1. The Morgan fingerprint density at radius 1 is 0.909 bits per heavy atom. The van der Waals surface area contributed by atoms with Crippen LogP contribution in [0.1, 0.15) is 34.7 Å². The van der Waals surface area contributed by atoms with Crippen LogP contribution < -0.4 is 15.0 Å². The van der Waals surface area contributed by atoms with Gasteiger partial charge in [0.2, 0.25) is 0 Å². The first-order valence-corrected chi connectivity index (χ1v) is 11.4. The Morgan fingerprint density at radius 2 is 1.67 bits per heavy atom. The molecule has 1 fully saturated rings. The Bertz CT molecular complexity index is 1290. The molecule has 1 N–H and O–H groups in total. The number of benzene rings is 2. The lowest BCUT2D eigenvalue weighted by Crippen LogP contribution is -2.29. The minimum Gasteiger partial charge on any atom is -0.497 e. The number of nitrogens with zero attached hydrogens (tertiary/aromatic N) is 3. The van der Waals surface area contributed by atoms with Crippen LogP contribution in [0.15, 0.2) is 85.1 Å². The Morgan fingerprint density at radius 3 is 2.39 bits per heavy atom. The third-order valence-corrected chi connectivity index (χ3v) is 6.55. The molecular formula is C27H26N4OS. The Labute approximate surface area is 199 Å². The van der Waals surface area contributed by atoms with Crippen LogP contribution in [0.3, 0.4) is 0 Å². The number of rotatable bonds is 5. The molecule has 0 spiro atoms. The third kappa shape index (κ3) is 3.76. The lowest BCUT2D eigenvalue weighted by Gasteiger charge is -2.28. The van der Waals surface area contributed by atoms with Crippen molar-refractivity contribution in [2.24, 2.45) is 0 Å². The molecule has 166 valence electrons. The molecule has 0 unspecified atom stereocenters. The Kier molecular flexibility index (Phi) is 5.60. The summed E-state index contributed by atoms with van der Waals surface area (Å²) < 4.78 is 7.80. The lowest BCUT2D eigenvalue weighted by molar-refractivity contribution is 0.415. The van der Waals surface area contributed by atoms with E-state index in [9.17, 15) is 0 Å². The Balaban J connectivity index is 1.68. The molecule has 1 aliphatic heterocycles. The molecule has 0 saturated carbocycles. The highest BCUT2D eigenvalue weighted by Gasteiger charge is 2.42. The summed E-state index contributed by atoms with van der Waals surface area (Å²) in [6, 6.07) is 26.6. The minimum absolute atomic E-state index is 0.0665. The number of pyridine rings is 1. The highest BCUT2D eigenvalue weighted by molar-refractivity contribution is 7.80. The van der Waals surface area contributed by atoms with E-state index in [4.69, 9.17) is 17.0 Å². The van der Waals surface area contributed by atoms with Crippen LogP contribution in [-0.2, 0) is 0 Å². The number of para-hydroxylation sites is 1. The van der Waals surface area contributed by atoms with E-state index < -0.39 is 0 Å². The van der Waals surface area contributed by atoms with E-state index >= 15 is 0 Å². The SMILES string of the molecule is COc1cccc(N2C(=S)N[C@@H](c3ccccn3)[C@H]2c2cc(C)n(-c3ccccc3)c2C)c1. The molecule has 0 amide bonds. The summed E-state index contributed by atoms with van der Waals surface area (Å²) in [6.07, 6.45) is 1.83. The smallest absolute Gasteiger partial charge is 0.174 e. The summed E-state index contributed by atoms with van der Waals surface area (Å²) in [6.45, 7) is 4.33. The van der Waals surface area contributed by atoms with E-state index in [-0.39, 0.29) is 12.1 Å². The molecule has 2 aromatic carbocycles. The first kappa shape index (κ1) is 21.2. The van der Waals surface area contributed by atoms with E-state index in [2.05, 4.69) is 76.1 Å². The second-order valence-corrected chi connectivity index (χ2v) is 8.58. The van der Waals surface area contributed by atoms with Crippen molar-refractivity contribution in [2.45, 2.75) is 25.9 Å². The first-order valence-electron chi connectivity index (χ1n) is 11.0. The first-order chi connectivity index (χ1) is 16.1. The number of aryl methyl sites for hydroxylation is 1. The lowest BCUT2D eigenvalue weighted by atomic mass is 9.96. The summed E-state index contributed by atoms with van der Waals surface area (Å²) in [4.78, 5) is 6.86. The van der Waals surface area contributed by atoms with Crippen molar-refractivity contribution < 1.29 is 4.74 Å². The zero-order valence-electron chi connectivity index (χ0n) is 18.9. The predicted octanol–water partition coefficient (Wildman–Crippen LogP) is 5.67. The van der Waals surface area contributed by atoms with E-state index in [1.54, 1.807) is 7.11 Å². The van der Waals surface area contributed by atoms with E-state index in [0.717, 1.165) is 22.8 Å². The van der Waals surface area contributed by atoms with Gasteiger partial charge >= 0.3 is 0 Å². The molecule has 2 aromatic heterocycles. The molecule has 0 aliphatic carbocycles. The zero-order valence-corrected chi connectivity index (χ0v) is 19.7. The molecule has 1 saturated heterocycles. The van der Waals surface area contributed by atoms with Gasteiger partial charge in [-0.3, -0.25) is 4.98 Å². The van der Waals surface area contributed by atoms with Crippen LogP contribution in [0, 0.1) is 13.8 Å². The van der Waals surface area contributed by atoms with Crippen molar-refractivity contribution in [2.75, 3.05) is 12.0 Å². The van der Waals surface area contributed by atoms with Gasteiger partial charge in [-0.15, -0.1) is 0 Å². The maximum atomic E-state index is 5.87. The molecule has 3 heterocycles. The summed E-state index contributed by atoms with van der Waals surface area (Å²) in [5, 5.41) is 4.22. The van der Waals surface area contributed by atoms with E-state index in [1.165, 1.54) is 17.0 Å².